The molecule has 1 heterocycles. The van der Waals surface area contributed by atoms with E-state index in [2.05, 4.69) is 25.8 Å². The molecule has 0 bridgehead atoms. The smallest absolute Gasteiger partial charge is 0.132 e. The lowest BCUT2D eigenvalue weighted by atomic mass is 10.1. The monoisotopic (exact) mass is 249 g/mol. The van der Waals surface area contributed by atoms with Gasteiger partial charge >= 0.3 is 0 Å². The molecule has 0 amide bonds. The minimum absolute atomic E-state index is 0.0677. The van der Waals surface area contributed by atoms with Gasteiger partial charge in [-0.05, 0) is 32.9 Å². The summed E-state index contributed by atoms with van der Waals surface area (Å²) in [6, 6.07) is 7.53. The molecule has 90 valence electrons. The lowest BCUT2D eigenvalue weighted by Crippen LogP contribution is -2.22. The predicted octanol–water partition coefficient (Wildman–Crippen LogP) is 3.54. The Morgan fingerprint density at radius 3 is 2.24 bits per heavy atom. The van der Waals surface area contributed by atoms with Gasteiger partial charge in [0, 0.05) is 16.1 Å². The third-order valence-electron chi connectivity index (χ3n) is 2.64. The van der Waals surface area contributed by atoms with Crippen molar-refractivity contribution in [3.05, 3.63) is 35.6 Å². The summed E-state index contributed by atoms with van der Waals surface area (Å²) in [5, 5.41) is 0.711. The second-order valence-corrected chi connectivity index (χ2v) is 5.46. The standard InChI is InChI=1S/C13H16ClN3/c1-13(2,3)17-8-16-11(12(17)15)9-4-6-10(14)7-5-9/h4-8H,15H2,1-3H3. The number of hydrogen-bond acceptors (Lipinski definition) is 2. The molecule has 0 aliphatic heterocycles. The van der Waals surface area contributed by atoms with E-state index in [-0.39, 0.29) is 5.54 Å². The van der Waals surface area contributed by atoms with E-state index >= 15 is 0 Å². The third-order valence-corrected chi connectivity index (χ3v) is 2.90. The number of nitrogens with zero attached hydrogens (tertiary/aromatic N) is 2. The van der Waals surface area contributed by atoms with E-state index in [9.17, 15) is 0 Å². The minimum Gasteiger partial charge on any atom is -0.383 e. The Balaban J connectivity index is 2.48. The fourth-order valence-electron chi connectivity index (χ4n) is 1.72. The summed E-state index contributed by atoms with van der Waals surface area (Å²) < 4.78 is 1.97. The van der Waals surface area contributed by atoms with Crippen LogP contribution in [0.25, 0.3) is 11.3 Å². The molecular formula is C13H16ClN3. The van der Waals surface area contributed by atoms with E-state index in [1.807, 2.05) is 28.8 Å². The van der Waals surface area contributed by atoms with Gasteiger partial charge in [0.05, 0.1) is 6.33 Å². The number of imidazole rings is 1. The predicted molar refractivity (Wildman–Crippen MR) is 72.1 cm³/mol. The van der Waals surface area contributed by atoms with Crippen molar-refractivity contribution in [1.29, 1.82) is 0 Å². The molecule has 1 aromatic carbocycles. The highest BCUT2D eigenvalue weighted by Gasteiger charge is 2.18. The van der Waals surface area contributed by atoms with Crippen molar-refractivity contribution >= 4 is 17.4 Å². The van der Waals surface area contributed by atoms with Gasteiger partial charge in [0.25, 0.3) is 0 Å². The molecule has 2 N–H and O–H groups in total. The van der Waals surface area contributed by atoms with Crippen LogP contribution in [0.5, 0.6) is 0 Å². The molecule has 4 heteroatoms. The van der Waals surface area contributed by atoms with Gasteiger partial charge in [0.1, 0.15) is 11.5 Å². The summed E-state index contributed by atoms with van der Waals surface area (Å²) in [7, 11) is 0. The quantitative estimate of drug-likeness (QED) is 0.840. The van der Waals surface area contributed by atoms with Crippen molar-refractivity contribution < 1.29 is 0 Å². The van der Waals surface area contributed by atoms with Gasteiger partial charge in [-0.25, -0.2) is 4.98 Å². The lowest BCUT2D eigenvalue weighted by molar-refractivity contribution is 0.402. The number of aromatic nitrogens is 2. The molecular weight excluding hydrogens is 234 g/mol. The van der Waals surface area contributed by atoms with E-state index in [0.29, 0.717) is 10.8 Å². The summed E-state index contributed by atoms with van der Waals surface area (Å²) >= 11 is 5.86. The molecule has 0 saturated heterocycles. The van der Waals surface area contributed by atoms with E-state index in [1.165, 1.54) is 0 Å². The van der Waals surface area contributed by atoms with Gasteiger partial charge in [-0.2, -0.15) is 0 Å². The Morgan fingerprint density at radius 1 is 1.18 bits per heavy atom. The van der Waals surface area contributed by atoms with E-state index < -0.39 is 0 Å². The molecule has 0 aliphatic rings. The van der Waals surface area contributed by atoms with Gasteiger partial charge < -0.3 is 10.3 Å². The maximum atomic E-state index is 6.13. The van der Waals surface area contributed by atoms with Crippen LogP contribution in [0, 0.1) is 0 Å². The normalized spacial score (nSPS) is 11.8. The number of nitrogens with two attached hydrogens (primary N) is 1. The van der Waals surface area contributed by atoms with Gasteiger partial charge in [0.15, 0.2) is 0 Å². The van der Waals surface area contributed by atoms with Crippen LogP contribution < -0.4 is 5.73 Å². The van der Waals surface area contributed by atoms with Crippen molar-refractivity contribution in [2.24, 2.45) is 0 Å². The maximum Gasteiger partial charge on any atom is 0.132 e. The third kappa shape index (κ3) is 2.29. The van der Waals surface area contributed by atoms with Crippen LogP contribution in [0.3, 0.4) is 0 Å². The molecule has 0 atom stereocenters. The fourth-order valence-corrected chi connectivity index (χ4v) is 1.85. The largest absolute Gasteiger partial charge is 0.383 e. The molecule has 0 fully saturated rings. The second kappa shape index (κ2) is 4.08. The number of nitrogen functional groups attached to an aromatic ring is 1. The molecule has 3 nitrogen and oxygen atoms in total. The summed E-state index contributed by atoms with van der Waals surface area (Å²) in [5.41, 5.74) is 7.84. The van der Waals surface area contributed by atoms with Gasteiger partial charge in [-0.3, -0.25) is 0 Å². The molecule has 0 aliphatic carbocycles. The van der Waals surface area contributed by atoms with Crippen LogP contribution in [0.1, 0.15) is 20.8 Å². The number of hydrogen-bond donors (Lipinski definition) is 1. The Labute approximate surface area is 106 Å². The van der Waals surface area contributed by atoms with Crippen LogP contribution in [-0.4, -0.2) is 9.55 Å². The maximum absolute atomic E-state index is 6.13. The molecule has 2 rings (SSSR count). The van der Waals surface area contributed by atoms with Crippen LogP contribution >= 0.6 is 11.6 Å². The van der Waals surface area contributed by atoms with Crippen LogP contribution in [0.15, 0.2) is 30.6 Å². The first-order valence-corrected chi connectivity index (χ1v) is 5.86. The van der Waals surface area contributed by atoms with Crippen LogP contribution in [-0.2, 0) is 5.54 Å². The van der Waals surface area contributed by atoms with Gasteiger partial charge in [-0.1, -0.05) is 23.7 Å². The van der Waals surface area contributed by atoms with Crippen molar-refractivity contribution in [1.82, 2.24) is 9.55 Å². The Hall–Kier alpha value is -1.48. The highest BCUT2D eigenvalue weighted by molar-refractivity contribution is 6.30. The second-order valence-electron chi connectivity index (χ2n) is 5.03. The van der Waals surface area contributed by atoms with Crippen molar-refractivity contribution in [2.45, 2.75) is 26.3 Å². The average Bonchev–Trinajstić information content (AvgIpc) is 2.61. The lowest BCUT2D eigenvalue weighted by Gasteiger charge is -2.22. The Kier molecular flexibility index (Phi) is 2.87. The van der Waals surface area contributed by atoms with E-state index in [0.717, 1.165) is 11.3 Å². The zero-order chi connectivity index (χ0) is 12.6. The Morgan fingerprint density at radius 2 is 1.76 bits per heavy atom. The molecule has 0 radical (unpaired) electrons. The minimum atomic E-state index is -0.0677. The summed E-state index contributed by atoms with van der Waals surface area (Å²) in [5.74, 6) is 0.680. The van der Waals surface area contributed by atoms with Crippen LogP contribution in [0.2, 0.25) is 5.02 Å². The molecule has 2 aromatic rings. The molecule has 1 aromatic heterocycles. The molecule has 0 saturated carbocycles. The van der Waals surface area contributed by atoms with Crippen LogP contribution in [0.4, 0.5) is 5.82 Å². The summed E-state index contributed by atoms with van der Waals surface area (Å²) in [6.07, 6.45) is 1.78. The highest BCUT2D eigenvalue weighted by Crippen LogP contribution is 2.29. The van der Waals surface area contributed by atoms with E-state index in [4.69, 9.17) is 17.3 Å². The summed E-state index contributed by atoms with van der Waals surface area (Å²) in [4.78, 5) is 4.38. The van der Waals surface area contributed by atoms with Crippen molar-refractivity contribution in [3.63, 3.8) is 0 Å². The molecule has 17 heavy (non-hydrogen) atoms. The zero-order valence-electron chi connectivity index (χ0n) is 10.2. The topological polar surface area (TPSA) is 43.8 Å². The van der Waals surface area contributed by atoms with Gasteiger partial charge in [-0.15, -0.1) is 0 Å². The number of halogens is 1. The van der Waals surface area contributed by atoms with Crippen molar-refractivity contribution in [3.8, 4) is 11.3 Å². The Bertz CT molecular complexity index is 521. The van der Waals surface area contributed by atoms with E-state index in [1.54, 1.807) is 6.33 Å². The fraction of sp³-hybridized carbons (Fsp3) is 0.308. The number of rotatable bonds is 1. The molecule has 0 spiro atoms. The highest BCUT2D eigenvalue weighted by atomic mass is 35.5. The first-order valence-electron chi connectivity index (χ1n) is 5.49. The van der Waals surface area contributed by atoms with Gasteiger partial charge in [0.2, 0.25) is 0 Å². The SMILES string of the molecule is CC(C)(C)n1cnc(-c2ccc(Cl)cc2)c1N. The summed E-state index contributed by atoms with van der Waals surface area (Å²) in [6.45, 7) is 6.28. The number of benzene rings is 1. The first kappa shape index (κ1) is 12.0. The first-order chi connectivity index (χ1) is 7.89. The van der Waals surface area contributed by atoms with Crippen molar-refractivity contribution in [2.75, 3.05) is 5.73 Å². The number of anilines is 1. The zero-order valence-corrected chi connectivity index (χ0v) is 11.0. The molecule has 0 unspecified atom stereocenters. The average molecular weight is 250 g/mol.